The Labute approximate surface area is 150 Å². The van der Waals surface area contributed by atoms with Gasteiger partial charge in [-0.2, -0.15) is 4.98 Å². The highest BCUT2D eigenvalue weighted by Crippen LogP contribution is 2.32. The van der Waals surface area contributed by atoms with Crippen molar-refractivity contribution in [3.05, 3.63) is 42.0 Å². The second kappa shape index (κ2) is 6.94. The van der Waals surface area contributed by atoms with Crippen LogP contribution in [0.3, 0.4) is 0 Å². The summed E-state index contributed by atoms with van der Waals surface area (Å²) in [4.78, 5) is 4.46. The average molecular weight is 358 g/mol. The van der Waals surface area contributed by atoms with Gasteiger partial charge in [0.1, 0.15) is 11.3 Å². The maximum absolute atomic E-state index is 14.3. The summed E-state index contributed by atoms with van der Waals surface area (Å²) >= 11 is 0. The van der Waals surface area contributed by atoms with E-state index in [-0.39, 0.29) is 11.3 Å². The van der Waals surface area contributed by atoms with Crippen LogP contribution < -0.4 is 10.1 Å². The smallest absolute Gasteiger partial charge is 0.295 e. The number of anilines is 1. The molecule has 26 heavy (non-hydrogen) atoms. The molecule has 1 fully saturated rings. The Bertz CT molecular complexity index is 933. The molecule has 0 spiro atoms. The Kier molecular flexibility index (Phi) is 4.49. The Morgan fingerprint density at radius 1 is 1.08 bits per heavy atom. The maximum atomic E-state index is 14.3. The van der Waals surface area contributed by atoms with Gasteiger partial charge in [-0.1, -0.05) is 25.3 Å². The van der Waals surface area contributed by atoms with Gasteiger partial charge in [-0.25, -0.2) is 8.78 Å². The van der Waals surface area contributed by atoms with Crippen molar-refractivity contribution in [3.8, 4) is 16.9 Å². The van der Waals surface area contributed by atoms with Crippen LogP contribution in [0.2, 0.25) is 0 Å². The predicted molar refractivity (Wildman–Crippen MR) is 96.4 cm³/mol. The Balaban J connectivity index is 1.64. The van der Waals surface area contributed by atoms with E-state index in [0.29, 0.717) is 28.7 Å². The van der Waals surface area contributed by atoms with Gasteiger partial charge in [-0.15, -0.1) is 0 Å². The summed E-state index contributed by atoms with van der Waals surface area (Å²) in [5.74, 6) is -1.27. The number of rotatable bonds is 4. The molecule has 1 heterocycles. The molecule has 136 valence electrons. The number of hydrogen-bond donors (Lipinski definition) is 1. The number of hydrogen-bond acceptors (Lipinski definition) is 4. The van der Waals surface area contributed by atoms with Crippen molar-refractivity contribution < 1.29 is 17.9 Å². The summed E-state index contributed by atoms with van der Waals surface area (Å²) in [7, 11) is 1.31. The third kappa shape index (κ3) is 3.23. The van der Waals surface area contributed by atoms with Crippen molar-refractivity contribution in [2.24, 2.45) is 0 Å². The highest BCUT2D eigenvalue weighted by Gasteiger charge is 2.17. The molecular formula is C20H20F2N2O2. The lowest BCUT2D eigenvalue weighted by atomic mass is 9.96. The summed E-state index contributed by atoms with van der Waals surface area (Å²) < 4.78 is 38.8. The Morgan fingerprint density at radius 3 is 2.65 bits per heavy atom. The number of fused-ring (bicyclic) bond motifs is 1. The molecule has 0 radical (unpaired) electrons. The van der Waals surface area contributed by atoms with Crippen LogP contribution in [0.1, 0.15) is 32.1 Å². The summed E-state index contributed by atoms with van der Waals surface area (Å²) in [5.41, 5.74) is 1.92. The topological polar surface area (TPSA) is 47.3 Å². The minimum absolute atomic E-state index is 0.118. The largest absolute Gasteiger partial charge is 0.494 e. The maximum Gasteiger partial charge on any atom is 0.295 e. The quantitative estimate of drug-likeness (QED) is 0.666. The minimum atomic E-state index is -0.608. The van der Waals surface area contributed by atoms with Gasteiger partial charge in [0, 0.05) is 17.7 Å². The number of aromatic nitrogens is 1. The van der Waals surface area contributed by atoms with Crippen molar-refractivity contribution in [2.75, 3.05) is 12.4 Å². The predicted octanol–water partition coefficient (Wildman–Crippen LogP) is 5.53. The van der Waals surface area contributed by atoms with E-state index in [2.05, 4.69) is 10.3 Å². The van der Waals surface area contributed by atoms with Gasteiger partial charge >= 0.3 is 0 Å². The van der Waals surface area contributed by atoms with Gasteiger partial charge in [0.2, 0.25) is 0 Å². The second-order valence-electron chi connectivity index (χ2n) is 6.65. The molecule has 2 aromatic carbocycles. The lowest BCUT2D eigenvalue weighted by Gasteiger charge is -2.21. The van der Waals surface area contributed by atoms with E-state index >= 15 is 0 Å². The van der Waals surface area contributed by atoms with E-state index < -0.39 is 11.6 Å². The van der Waals surface area contributed by atoms with Gasteiger partial charge in [0.25, 0.3) is 6.01 Å². The first-order chi connectivity index (χ1) is 12.6. The van der Waals surface area contributed by atoms with Crippen LogP contribution in [0, 0.1) is 11.6 Å². The molecule has 0 bridgehead atoms. The molecule has 1 N–H and O–H groups in total. The number of benzene rings is 2. The first kappa shape index (κ1) is 16.8. The zero-order valence-corrected chi connectivity index (χ0v) is 14.5. The van der Waals surface area contributed by atoms with Crippen LogP contribution in [-0.2, 0) is 0 Å². The number of oxazole rings is 1. The van der Waals surface area contributed by atoms with Crippen molar-refractivity contribution in [1.29, 1.82) is 0 Å². The summed E-state index contributed by atoms with van der Waals surface area (Å²) in [6, 6.07) is 8.17. The summed E-state index contributed by atoms with van der Waals surface area (Å²) in [6.45, 7) is 0. The first-order valence-corrected chi connectivity index (χ1v) is 8.84. The van der Waals surface area contributed by atoms with Gasteiger partial charge < -0.3 is 14.5 Å². The lowest BCUT2D eigenvalue weighted by molar-refractivity contribution is 0.383. The molecule has 1 saturated carbocycles. The lowest BCUT2D eigenvalue weighted by Crippen LogP contribution is -2.22. The normalized spacial score (nSPS) is 15.3. The van der Waals surface area contributed by atoms with Gasteiger partial charge in [-0.05, 0) is 36.6 Å². The Hall–Kier alpha value is -2.63. The molecule has 0 aliphatic heterocycles. The molecule has 6 heteroatoms. The molecular weight excluding hydrogens is 338 g/mol. The zero-order valence-electron chi connectivity index (χ0n) is 14.5. The average Bonchev–Trinajstić information content (AvgIpc) is 3.05. The number of nitrogens with one attached hydrogen (secondary N) is 1. The highest BCUT2D eigenvalue weighted by atomic mass is 19.1. The summed E-state index contributed by atoms with van der Waals surface area (Å²) in [5, 5.41) is 3.34. The fraction of sp³-hybridized carbons (Fsp3) is 0.350. The van der Waals surface area contributed by atoms with Crippen LogP contribution in [0.4, 0.5) is 14.8 Å². The molecule has 4 nitrogen and oxygen atoms in total. The van der Waals surface area contributed by atoms with E-state index in [9.17, 15) is 8.78 Å². The fourth-order valence-corrected chi connectivity index (χ4v) is 3.48. The standard InChI is InChI=1S/C20H20F2N2O2/c1-25-19-11-15(21)14(10-16(19)22)12-7-8-18-17(9-12)24-20(26-18)23-13-5-3-2-4-6-13/h7-11,13H,2-6H2,1H3,(H,23,24). The van der Waals surface area contributed by atoms with Crippen LogP contribution in [0.15, 0.2) is 34.7 Å². The van der Waals surface area contributed by atoms with Crippen LogP contribution in [-0.4, -0.2) is 18.1 Å². The third-order valence-corrected chi connectivity index (χ3v) is 4.87. The highest BCUT2D eigenvalue weighted by molar-refractivity contribution is 5.81. The first-order valence-electron chi connectivity index (χ1n) is 8.84. The monoisotopic (exact) mass is 358 g/mol. The van der Waals surface area contributed by atoms with Crippen LogP contribution in [0.5, 0.6) is 5.75 Å². The SMILES string of the molecule is COc1cc(F)c(-c2ccc3oc(NC4CCCCC4)nc3c2)cc1F. The molecule has 0 unspecified atom stereocenters. The number of nitrogens with zero attached hydrogens (tertiary/aromatic N) is 1. The van der Waals surface area contributed by atoms with Crippen molar-refractivity contribution in [2.45, 2.75) is 38.1 Å². The van der Waals surface area contributed by atoms with Gasteiger partial charge in [0.05, 0.1) is 7.11 Å². The number of ether oxygens (including phenoxy) is 1. The summed E-state index contributed by atoms with van der Waals surface area (Å²) in [6.07, 6.45) is 5.93. The molecule has 0 atom stereocenters. The van der Waals surface area contributed by atoms with Crippen molar-refractivity contribution in [1.82, 2.24) is 4.98 Å². The van der Waals surface area contributed by atoms with Crippen LogP contribution >= 0.6 is 0 Å². The number of halogens is 2. The van der Waals surface area contributed by atoms with Gasteiger partial charge in [-0.3, -0.25) is 0 Å². The van der Waals surface area contributed by atoms with E-state index in [1.807, 2.05) is 0 Å². The molecule has 0 amide bonds. The van der Waals surface area contributed by atoms with E-state index in [1.165, 1.54) is 26.4 Å². The number of methoxy groups -OCH3 is 1. The second-order valence-corrected chi connectivity index (χ2v) is 6.65. The molecule has 4 rings (SSSR count). The molecule has 1 aliphatic carbocycles. The van der Waals surface area contributed by atoms with Crippen molar-refractivity contribution >= 4 is 17.1 Å². The Morgan fingerprint density at radius 2 is 1.88 bits per heavy atom. The van der Waals surface area contributed by atoms with E-state index in [4.69, 9.17) is 9.15 Å². The molecule has 1 aliphatic rings. The van der Waals surface area contributed by atoms with Gasteiger partial charge in [0.15, 0.2) is 17.1 Å². The molecule has 1 aromatic heterocycles. The van der Waals surface area contributed by atoms with Crippen LogP contribution in [0.25, 0.3) is 22.2 Å². The van der Waals surface area contributed by atoms with E-state index in [1.54, 1.807) is 18.2 Å². The van der Waals surface area contributed by atoms with E-state index in [0.717, 1.165) is 25.0 Å². The molecule has 0 saturated heterocycles. The fourth-order valence-electron chi connectivity index (χ4n) is 3.48. The minimum Gasteiger partial charge on any atom is -0.494 e. The third-order valence-electron chi connectivity index (χ3n) is 4.87. The molecule has 3 aromatic rings. The zero-order chi connectivity index (χ0) is 18.1. The van der Waals surface area contributed by atoms with Crippen molar-refractivity contribution in [3.63, 3.8) is 0 Å².